The van der Waals surface area contributed by atoms with Gasteiger partial charge in [-0.1, -0.05) is 6.07 Å². The second-order valence-corrected chi connectivity index (χ2v) is 7.27. The Balaban J connectivity index is 2.15. The van der Waals surface area contributed by atoms with Crippen LogP contribution in [-0.2, 0) is 11.8 Å². The van der Waals surface area contributed by atoms with Crippen LogP contribution < -0.4 is 5.32 Å². The Morgan fingerprint density at radius 1 is 1.27 bits per heavy atom. The quantitative estimate of drug-likeness (QED) is 0.691. The summed E-state index contributed by atoms with van der Waals surface area (Å²) in [5.41, 5.74) is 1.41. The van der Waals surface area contributed by atoms with E-state index in [1.807, 2.05) is 6.92 Å². The standard InChI is InChI=1S/C20H22FN3O2/c1-12-8-9-15(14(21)11-12)23-18-16(19(25)26-20(2,3)4)13-7-6-10-22-17(13)24(18)5/h6-11,23H,1-5H3. The molecule has 0 aliphatic rings. The number of carbonyl (C=O) groups is 1. The van der Waals surface area contributed by atoms with Gasteiger partial charge in [0.15, 0.2) is 0 Å². The molecule has 1 N–H and O–H groups in total. The normalized spacial score (nSPS) is 11.6. The van der Waals surface area contributed by atoms with Gasteiger partial charge in [-0.25, -0.2) is 14.2 Å². The Labute approximate surface area is 151 Å². The van der Waals surface area contributed by atoms with Crippen molar-refractivity contribution in [2.75, 3.05) is 5.32 Å². The second kappa shape index (κ2) is 6.44. The predicted molar refractivity (Wildman–Crippen MR) is 100 cm³/mol. The molecular formula is C20H22FN3O2. The van der Waals surface area contributed by atoms with Crippen LogP contribution in [0.3, 0.4) is 0 Å². The van der Waals surface area contributed by atoms with Gasteiger partial charge in [0.05, 0.1) is 5.69 Å². The summed E-state index contributed by atoms with van der Waals surface area (Å²) < 4.78 is 21.6. The first-order chi connectivity index (χ1) is 12.2. The van der Waals surface area contributed by atoms with Crippen LogP contribution in [0, 0.1) is 12.7 Å². The van der Waals surface area contributed by atoms with E-state index >= 15 is 0 Å². The van der Waals surface area contributed by atoms with E-state index in [9.17, 15) is 9.18 Å². The average molecular weight is 355 g/mol. The first-order valence-electron chi connectivity index (χ1n) is 8.37. The summed E-state index contributed by atoms with van der Waals surface area (Å²) >= 11 is 0. The molecule has 0 saturated carbocycles. The van der Waals surface area contributed by atoms with Gasteiger partial charge in [0.25, 0.3) is 0 Å². The fraction of sp³-hybridized carbons (Fsp3) is 0.300. The highest BCUT2D eigenvalue weighted by Crippen LogP contribution is 2.32. The van der Waals surface area contributed by atoms with E-state index in [0.717, 1.165) is 5.56 Å². The van der Waals surface area contributed by atoms with Gasteiger partial charge in [0.2, 0.25) is 0 Å². The molecule has 0 aliphatic carbocycles. The van der Waals surface area contributed by atoms with Crippen molar-refractivity contribution in [2.45, 2.75) is 33.3 Å². The van der Waals surface area contributed by atoms with Crippen molar-refractivity contribution in [1.29, 1.82) is 0 Å². The minimum Gasteiger partial charge on any atom is -0.456 e. The molecule has 2 heterocycles. The summed E-state index contributed by atoms with van der Waals surface area (Å²) in [5.74, 6) is -0.430. The summed E-state index contributed by atoms with van der Waals surface area (Å²) in [6.45, 7) is 7.24. The fourth-order valence-corrected chi connectivity index (χ4v) is 2.79. The molecule has 0 amide bonds. The molecule has 0 spiro atoms. The van der Waals surface area contributed by atoms with Crippen LogP contribution >= 0.6 is 0 Å². The van der Waals surface area contributed by atoms with Gasteiger partial charge in [-0.05, 0) is 57.5 Å². The number of hydrogen-bond acceptors (Lipinski definition) is 4. The van der Waals surface area contributed by atoms with Crippen LogP contribution in [0.1, 0.15) is 36.7 Å². The molecule has 0 radical (unpaired) electrons. The molecule has 3 rings (SSSR count). The highest BCUT2D eigenvalue weighted by molar-refractivity contribution is 6.09. The average Bonchev–Trinajstić information content (AvgIpc) is 2.81. The second-order valence-electron chi connectivity index (χ2n) is 7.27. The zero-order valence-electron chi connectivity index (χ0n) is 15.6. The van der Waals surface area contributed by atoms with E-state index in [1.165, 1.54) is 6.07 Å². The number of esters is 1. The minimum atomic E-state index is -0.645. The van der Waals surface area contributed by atoms with Gasteiger partial charge in [0, 0.05) is 18.6 Å². The lowest BCUT2D eigenvalue weighted by Crippen LogP contribution is -2.24. The molecule has 136 valence electrons. The Morgan fingerprint density at radius 2 is 2.00 bits per heavy atom. The van der Waals surface area contributed by atoms with Crippen LogP contribution in [0.5, 0.6) is 0 Å². The Hall–Kier alpha value is -2.89. The molecule has 0 bridgehead atoms. The number of rotatable bonds is 3. The molecule has 0 fully saturated rings. The molecule has 26 heavy (non-hydrogen) atoms. The van der Waals surface area contributed by atoms with Gasteiger partial charge in [0.1, 0.15) is 28.4 Å². The SMILES string of the molecule is Cc1ccc(Nc2c(C(=O)OC(C)(C)C)c3cccnc3n2C)c(F)c1. The number of ether oxygens (including phenoxy) is 1. The summed E-state index contributed by atoms with van der Waals surface area (Å²) in [5, 5.41) is 3.69. The van der Waals surface area contributed by atoms with Crippen molar-refractivity contribution in [2.24, 2.45) is 7.05 Å². The van der Waals surface area contributed by atoms with E-state index in [4.69, 9.17) is 4.74 Å². The first-order valence-corrected chi connectivity index (χ1v) is 8.37. The number of benzene rings is 1. The number of pyridine rings is 1. The van der Waals surface area contributed by atoms with Gasteiger partial charge >= 0.3 is 5.97 Å². The van der Waals surface area contributed by atoms with Gasteiger partial charge in [-0.3, -0.25) is 0 Å². The number of nitrogens with zero attached hydrogens (tertiary/aromatic N) is 2. The zero-order valence-corrected chi connectivity index (χ0v) is 15.6. The molecular weight excluding hydrogens is 333 g/mol. The largest absolute Gasteiger partial charge is 0.456 e. The predicted octanol–water partition coefficient (Wildman–Crippen LogP) is 4.72. The third kappa shape index (κ3) is 3.40. The Bertz CT molecular complexity index is 987. The topological polar surface area (TPSA) is 56.1 Å². The summed E-state index contributed by atoms with van der Waals surface area (Å²) in [6.07, 6.45) is 1.65. The van der Waals surface area contributed by atoms with Crippen LogP contribution in [0.15, 0.2) is 36.5 Å². The first kappa shape index (κ1) is 17.9. The molecule has 0 unspecified atom stereocenters. The molecule has 1 aromatic carbocycles. The van der Waals surface area contributed by atoms with E-state index in [2.05, 4.69) is 10.3 Å². The lowest BCUT2D eigenvalue weighted by molar-refractivity contribution is 0.00729. The molecule has 6 heteroatoms. The zero-order chi connectivity index (χ0) is 19.1. The van der Waals surface area contributed by atoms with E-state index in [1.54, 1.807) is 62.8 Å². The third-order valence-corrected chi connectivity index (χ3v) is 3.93. The van der Waals surface area contributed by atoms with E-state index in [0.29, 0.717) is 22.4 Å². The smallest absolute Gasteiger partial charge is 0.343 e. The number of carbonyl (C=O) groups excluding carboxylic acids is 1. The summed E-state index contributed by atoms with van der Waals surface area (Å²) in [7, 11) is 1.78. The molecule has 0 saturated heterocycles. The van der Waals surface area contributed by atoms with Crippen molar-refractivity contribution >= 4 is 28.5 Å². The number of fused-ring (bicyclic) bond motifs is 1. The van der Waals surface area contributed by atoms with Crippen LogP contribution in [0.4, 0.5) is 15.9 Å². The number of halogens is 1. The van der Waals surface area contributed by atoms with Crippen molar-refractivity contribution in [3.05, 3.63) is 53.5 Å². The molecule has 0 aliphatic heterocycles. The summed E-state index contributed by atoms with van der Waals surface area (Å²) in [6, 6.07) is 8.45. The maximum atomic E-state index is 14.3. The fourth-order valence-electron chi connectivity index (χ4n) is 2.79. The highest BCUT2D eigenvalue weighted by atomic mass is 19.1. The Morgan fingerprint density at radius 3 is 2.65 bits per heavy atom. The lowest BCUT2D eigenvalue weighted by atomic mass is 10.1. The maximum Gasteiger partial charge on any atom is 0.343 e. The van der Waals surface area contributed by atoms with E-state index < -0.39 is 17.4 Å². The monoisotopic (exact) mass is 355 g/mol. The van der Waals surface area contributed by atoms with E-state index in [-0.39, 0.29) is 5.69 Å². The van der Waals surface area contributed by atoms with Gasteiger partial charge in [-0.15, -0.1) is 0 Å². The molecule has 0 atom stereocenters. The summed E-state index contributed by atoms with van der Waals surface area (Å²) in [4.78, 5) is 17.2. The Kier molecular flexibility index (Phi) is 4.44. The third-order valence-electron chi connectivity index (χ3n) is 3.93. The van der Waals surface area contributed by atoms with Gasteiger partial charge < -0.3 is 14.6 Å². The molecule has 2 aromatic heterocycles. The van der Waals surface area contributed by atoms with Gasteiger partial charge in [-0.2, -0.15) is 0 Å². The highest BCUT2D eigenvalue weighted by Gasteiger charge is 2.27. The van der Waals surface area contributed by atoms with Crippen LogP contribution in [-0.4, -0.2) is 21.1 Å². The minimum absolute atomic E-state index is 0.284. The van der Waals surface area contributed by atoms with Crippen molar-refractivity contribution < 1.29 is 13.9 Å². The number of aromatic nitrogens is 2. The number of anilines is 2. The van der Waals surface area contributed by atoms with Crippen molar-refractivity contribution in [3.8, 4) is 0 Å². The number of hydrogen-bond donors (Lipinski definition) is 1. The van der Waals surface area contributed by atoms with Crippen molar-refractivity contribution in [1.82, 2.24) is 9.55 Å². The molecule has 5 nitrogen and oxygen atoms in total. The lowest BCUT2D eigenvalue weighted by Gasteiger charge is -2.20. The van der Waals surface area contributed by atoms with Crippen LogP contribution in [0.25, 0.3) is 11.0 Å². The number of aryl methyl sites for hydroxylation is 2. The maximum absolute atomic E-state index is 14.3. The van der Waals surface area contributed by atoms with Crippen molar-refractivity contribution in [3.63, 3.8) is 0 Å². The van der Waals surface area contributed by atoms with Crippen LogP contribution in [0.2, 0.25) is 0 Å². The number of nitrogens with one attached hydrogen (secondary N) is 1. The molecule has 3 aromatic rings.